The summed E-state index contributed by atoms with van der Waals surface area (Å²) in [6.07, 6.45) is 3.32. The summed E-state index contributed by atoms with van der Waals surface area (Å²) < 4.78 is 7.70. The molecule has 0 aliphatic heterocycles. The molecule has 2 rings (SSSR count). The van der Waals surface area contributed by atoms with Gasteiger partial charge < -0.3 is 14.6 Å². The fourth-order valence-corrected chi connectivity index (χ4v) is 2.25. The molecule has 19 heavy (non-hydrogen) atoms. The first-order valence-corrected chi connectivity index (χ1v) is 7.21. The molecule has 0 fully saturated rings. The van der Waals surface area contributed by atoms with Crippen LogP contribution >= 0.6 is 0 Å². The number of nitrogens with one attached hydrogen (secondary N) is 1. The van der Waals surface area contributed by atoms with Crippen molar-refractivity contribution in [3.63, 3.8) is 0 Å². The van der Waals surface area contributed by atoms with Crippen molar-refractivity contribution in [3.05, 3.63) is 36.0 Å². The van der Waals surface area contributed by atoms with Crippen LogP contribution in [0.15, 0.2) is 30.5 Å². The summed E-state index contributed by atoms with van der Waals surface area (Å²) in [6, 6.07) is 8.86. The maximum Gasteiger partial charge on any atom is 0.0645 e. The minimum Gasteiger partial charge on any atom is -0.380 e. The van der Waals surface area contributed by atoms with Crippen LogP contribution in [-0.2, 0) is 17.8 Å². The molecule has 1 aromatic heterocycles. The molecule has 0 saturated heterocycles. The zero-order valence-corrected chi connectivity index (χ0v) is 12.0. The number of ether oxygens (including phenoxy) is 1. The molecule has 1 aromatic carbocycles. The van der Waals surface area contributed by atoms with Gasteiger partial charge in [0.1, 0.15) is 0 Å². The molecule has 0 radical (unpaired) electrons. The lowest BCUT2D eigenvalue weighted by molar-refractivity contribution is 0.140. The average Bonchev–Trinajstić information content (AvgIpc) is 2.82. The molecule has 0 amide bonds. The summed E-state index contributed by atoms with van der Waals surface area (Å²) >= 11 is 0. The van der Waals surface area contributed by atoms with E-state index in [1.807, 2.05) is 6.92 Å². The van der Waals surface area contributed by atoms with E-state index in [1.54, 1.807) is 0 Å². The summed E-state index contributed by atoms with van der Waals surface area (Å²) in [7, 11) is 0. The molecule has 1 heterocycles. The fourth-order valence-electron chi connectivity index (χ4n) is 2.25. The molecule has 104 valence electrons. The van der Waals surface area contributed by atoms with Gasteiger partial charge in [0, 0.05) is 31.4 Å². The molecule has 0 saturated carbocycles. The van der Waals surface area contributed by atoms with Crippen LogP contribution in [0, 0.1) is 0 Å². The van der Waals surface area contributed by atoms with Crippen molar-refractivity contribution in [1.82, 2.24) is 9.88 Å². The van der Waals surface area contributed by atoms with Gasteiger partial charge in [-0.15, -0.1) is 0 Å². The predicted octanol–water partition coefficient (Wildman–Crippen LogP) is 3.18. The van der Waals surface area contributed by atoms with Crippen LogP contribution in [0.1, 0.15) is 25.8 Å². The lowest BCUT2D eigenvalue weighted by Crippen LogP contribution is -2.13. The normalized spacial score (nSPS) is 11.3. The Balaban J connectivity index is 2.08. The number of rotatable bonds is 8. The smallest absolute Gasteiger partial charge is 0.0645 e. The van der Waals surface area contributed by atoms with Crippen molar-refractivity contribution in [2.75, 3.05) is 19.8 Å². The van der Waals surface area contributed by atoms with Crippen LogP contribution in [0.2, 0.25) is 0 Å². The Hall–Kier alpha value is -1.32. The highest BCUT2D eigenvalue weighted by Gasteiger charge is 2.02. The van der Waals surface area contributed by atoms with E-state index in [9.17, 15) is 0 Å². The van der Waals surface area contributed by atoms with Gasteiger partial charge in [0.15, 0.2) is 0 Å². The Kier molecular flexibility index (Phi) is 5.43. The van der Waals surface area contributed by atoms with E-state index in [4.69, 9.17) is 4.74 Å². The van der Waals surface area contributed by atoms with Gasteiger partial charge in [-0.1, -0.05) is 19.1 Å². The lowest BCUT2D eigenvalue weighted by Gasteiger charge is -2.08. The van der Waals surface area contributed by atoms with E-state index < -0.39 is 0 Å². The molecular formula is C16H24N2O. The quantitative estimate of drug-likeness (QED) is 0.738. The van der Waals surface area contributed by atoms with Gasteiger partial charge in [0.25, 0.3) is 0 Å². The molecule has 1 N–H and O–H groups in total. The van der Waals surface area contributed by atoms with Crippen LogP contribution in [-0.4, -0.2) is 24.3 Å². The lowest BCUT2D eigenvalue weighted by atomic mass is 10.1. The average molecular weight is 260 g/mol. The van der Waals surface area contributed by atoms with Gasteiger partial charge in [-0.05, 0) is 43.0 Å². The van der Waals surface area contributed by atoms with Crippen molar-refractivity contribution >= 4 is 10.9 Å². The van der Waals surface area contributed by atoms with Gasteiger partial charge in [0.2, 0.25) is 0 Å². The van der Waals surface area contributed by atoms with Crippen molar-refractivity contribution < 1.29 is 4.74 Å². The molecule has 0 bridgehead atoms. The second kappa shape index (κ2) is 7.31. The van der Waals surface area contributed by atoms with Gasteiger partial charge in [-0.2, -0.15) is 0 Å². The summed E-state index contributed by atoms with van der Waals surface area (Å²) in [5.41, 5.74) is 2.65. The Labute approximate surface area is 115 Å². The predicted molar refractivity (Wildman–Crippen MR) is 80.4 cm³/mol. The Bertz CT molecular complexity index is 504. The molecule has 0 unspecified atom stereocenters. The second-order valence-electron chi connectivity index (χ2n) is 4.78. The third kappa shape index (κ3) is 3.82. The second-order valence-corrected chi connectivity index (χ2v) is 4.78. The van der Waals surface area contributed by atoms with Crippen molar-refractivity contribution in [2.45, 2.75) is 33.4 Å². The number of hydrogen-bond donors (Lipinski definition) is 1. The van der Waals surface area contributed by atoms with E-state index in [1.165, 1.54) is 22.9 Å². The molecule has 3 heteroatoms. The summed E-state index contributed by atoms with van der Waals surface area (Å²) in [4.78, 5) is 0. The molecule has 0 aliphatic carbocycles. The topological polar surface area (TPSA) is 26.2 Å². The van der Waals surface area contributed by atoms with Gasteiger partial charge in [-0.25, -0.2) is 0 Å². The molecular weight excluding hydrogens is 236 g/mol. The van der Waals surface area contributed by atoms with Crippen molar-refractivity contribution in [3.8, 4) is 0 Å². The van der Waals surface area contributed by atoms with Crippen LogP contribution in [0.25, 0.3) is 10.9 Å². The summed E-state index contributed by atoms with van der Waals surface area (Å²) in [5.74, 6) is 0. The number of hydrogen-bond acceptors (Lipinski definition) is 2. The number of fused-ring (bicyclic) bond motifs is 1. The highest BCUT2D eigenvalue weighted by molar-refractivity contribution is 5.80. The Morgan fingerprint density at radius 2 is 2.11 bits per heavy atom. The standard InChI is InChI=1S/C16H24N2O/c1-3-8-17-13-14-5-6-15-7-9-18(16(15)12-14)10-11-19-4-2/h5-7,9,12,17H,3-4,8,10-11,13H2,1-2H3. The van der Waals surface area contributed by atoms with Crippen molar-refractivity contribution in [1.29, 1.82) is 0 Å². The van der Waals surface area contributed by atoms with Crippen LogP contribution < -0.4 is 5.32 Å². The first-order chi connectivity index (χ1) is 9.35. The van der Waals surface area contributed by atoms with Crippen LogP contribution in [0.3, 0.4) is 0 Å². The Morgan fingerprint density at radius 3 is 2.89 bits per heavy atom. The van der Waals surface area contributed by atoms with Crippen LogP contribution in [0.5, 0.6) is 0 Å². The summed E-state index contributed by atoms with van der Waals surface area (Å²) in [6.45, 7) is 8.72. The number of benzene rings is 1. The number of aromatic nitrogens is 1. The molecule has 3 nitrogen and oxygen atoms in total. The maximum atomic E-state index is 5.43. The van der Waals surface area contributed by atoms with E-state index in [0.717, 1.165) is 32.8 Å². The Morgan fingerprint density at radius 1 is 1.21 bits per heavy atom. The largest absolute Gasteiger partial charge is 0.380 e. The highest BCUT2D eigenvalue weighted by atomic mass is 16.5. The molecule has 0 atom stereocenters. The molecule has 0 aliphatic rings. The number of nitrogens with zero attached hydrogens (tertiary/aromatic N) is 1. The van der Waals surface area contributed by atoms with E-state index in [-0.39, 0.29) is 0 Å². The molecule has 0 spiro atoms. The maximum absolute atomic E-state index is 5.43. The minimum absolute atomic E-state index is 0.776. The van der Waals surface area contributed by atoms with Crippen LogP contribution in [0.4, 0.5) is 0 Å². The zero-order valence-electron chi connectivity index (χ0n) is 12.0. The third-order valence-corrected chi connectivity index (χ3v) is 3.27. The van der Waals surface area contributed by atoms with E-state index in [2.05, 4.69) is 47.3 Å². The van der Waals surface area contributed by atoms with Gasteiger partial charge in [-0.3, -0.25) is 0 Å². The summed E-state index contributed by atoms with van der Waals surface area (Å²) in [5, 5.41) is 4.75. The van der Waals surface area contributed by atoms with Crippen molar-refractivity contribution in [2.24, 2.45) is 0 Å². The highest BCUT2D eigenvalue weighted by Crippen LogP contribution is 2.17. The third-order valence-electron chi connectivity index (χ3n) is 3.27. The zero-order chi connectivity index (χ0) is 13.5. The fraction of sp³-hybridized carbons (Fsp3) is 0.500. The minimum atomic E-state index is 0.776. The van der Waals surface area contributed by atoms with Gasteiger partial charge in [0.05, 0.1) is 6.61 Å². The first kappa shape index (κ1) is 14.1. The van der Waals surface area contributed by atoms with E-state index in [0.29, 0.717) is 0 Å². The molecule has 2 aromatic rings. The SMILES string of the molecule is CCCNCc1ccc2ccn(CCOCC)c2c1. The van der Waals surface area contributed by atoms with E-state index >= 15 is 0 Å². The first-order valence-electron chi connectivity index (χ1n) is 7.21. The monoisotopic (exact) mass is 260 g/mol. The van der Waals surface area contributed by atoms with Gasteiger partial charge >= 0.3 is 0 Å².